The molecular formula is C19H25N3O4. The first-order valence-corrected chi connectivity index (χ1v) is 8.96. The molecule has 1 atom stereocenters. The SMILES string of the molecule is CCOC(=O)C1=C(CN2CCCC2)NC(=O)N[C@@H]1c1ccc(OC)cc1. The summed E-state index contributed by atoms with van der Waals surface area (Å²) in [7, 11) is 1.60. The molecule has 2 heterocycles. The largest absolute Gasteiger partial charge is 0.497 e. The summed E-state index contributed by atoms with van der Waals surface area (Å²) in [5.41, 5.74) is 1.89. The zero-order valence-electron chi connectivity index (χ0n) is 15.2. The van der Waals surface area contributed by atoms with E-state index in [9.17, 15) is 9.59 Å². The Hall–Kier alpha value is -2.54. The van der Waals surface area contributed by atoms with Crippen molar-refractivity contribution in [1.82, 2.24) is 15.5 Å². The lowest BCUT2D eigenvalue weighted by Crippen LogP contribution is -2.48. The van der Waals surface area contributed by atoms with Crippen molar-refractivity contribution in [1.29, 1.82) is 0 Å². The maximum Gasteiger partial charge on any atom is 0.338 e. The first kappa shape index (κ1) is 18.3. The van der Waals surface area contributed by atoms with Crippen LogP contribution in [0.15, 0.2) is 35.5 Å². The quantitative estimate of drug-likeness (QED) is 0.759. The highest BCUT2D eigenvalue weighted by Crippen LogP contribution is 2.29. The highest BCUT2D eigenvalue weighted by Gasteiger charge is 2.34. The van der Waals surface area contributed by atoms with Gasteiger partial charge in [0, 0.05) is 12.2 Å². The molecule has 2 aliphatic heterocycles. The Balaban J connectivity index is 1.97. The van der Waals surface area contributed by atoms with Crippen LogP contribution in [-0.2, 0) is 9.53 Å². The smallest absolute Gasteiger partial charge is 0.338 e. The molecule has 140 valence electrons. The summed E-state index contributed by atoms with van der Waals surface area (Å²) in [5, 5.41) is 5.66. The normalized spacial score (nSPS) is 20.5. The number of carbonyl (C=O) groups excluding carboxylic acids is 2. The molecule has 2 N–H and O–H groups in total. The summed E-state index contributed by atoms with van der Waals surface area (Å²) in [4.78, 5) is 27.2. The number of benzene rings is 1. The number of rotatable bonds is 6. The van der Waals surface area contributed by atoms with Gasteiger partial charge in [-0.25, -0.2) is 9.59 Å². The second-order valence-electron chi connectivity index (χ2n) is 6.40. The van der Waals surface area contributed by atoms with Gasteiger partial charge < -0.3 is 20.1 Å². The van der Waals surface area contributed by atoms with E-state index in [0.29, 0.717) is 23.6 Å². The summed E-state index contributed by atoms with van der Waals surface area (Å²) < 4.78 is 10.5. The Labute approximate surface area is 153 Å². The summed E-state index contributed by atoms with van der Waals surface area (Å²) >= 11 is 0. The summed E-state index contributed by atoms with van der Waals surface area (Å²) in [6, 6.07) is 6.46. The van der Waals surface area contributed by atoms with Crippen LogP contribution in [0.3, 0.4) is 0 Å². The van der Waals surface area contributed by atoms with Crippen molar-refractivity contribution in [2.75, 3.05) is 33.4 Å². The van der Waals surface area contributed by atoms with Gasteiger partial charge in [-0.2, -0.15) is 0 Å². The van der Waals surface area contributed by atoms with Crippen molar-refractivity contribution < 1.29 is 19.1 Å². The molecule has 3 rings (SSSR count). The number of urea groups is 1. The molecular weight excluding hydrogens is 334 g/mol. The average molecular weight is 359 g/mol. The highest BCUT2D eigenvalue weighted by atomic mass is 16.5. The van der Waals surface area contributed by atoms with Crippen molar-refractivity contribution in [3.8, 4) is 5.75 Å². The predicted molar refractivity (Wildman–Crippen MR) is 96.7 cm³/mol. The molecule has 0 spiro atoms. The summed E-state index contributed by atoms with van der Waals surface area (Å²) in [6.07, 6.45) is 2.27. The van der Waals surface area contributed by atoms with Gasteiger partial charge in [-0.1, -0.05) is 12.1 Å². The highest BCUT2D eigenvalue weighted by molar-refractivity contribution is 5.95. The van der Waals surface area contributed by atoms with Gasteiger partial charge in [0.1, 0.15) is 5.75 Å². The molecule has 0 unspecified atom stereocenters. The van der Waals surface area contributed by atoms with E-state index in [-0.39, 0.29) is 12.6 Å². The third-order valence-electron chi connectivity index (χ3n) is 4.68. The fourth-order valence-electron chi connectivity index (χ4n) is 3.40. The molecule has 2 amide bonds. The Morgan fingerprint density at radius 2 is 1.92 bits per heavy atom. The van der Waals surface area contributed by atoms with Crippen LogP contribution in [-0.4, -0.2) is 50.3 Å². The zero-order chi connectivity index (χ0) is 18.5. The van der Waals surface area contributed by atoms with Crippen LogP contribution in [0.5, 0.6) is 5.75 Å². The fraction of sp³-hybridized carbons (Fsp3) is 0.474. The molecule has 1 aromatic rings. The molecule has 2 aliphatic rings. The van der Waals surface area contributed by atoms with Crippen LogP contribution in [0.2, 0.25) is 0 Å². The van der Waals surface area contributed by atoms with E-state index in [4.69, 9.17) is 9.47 Å². The maximum atomic E-state index is 12.7. The lowest BCUT2D eigenvalue weighted by Gasteiger charge is -2.31. The number of ether oxygens (including phenoxy) is 2. The van der Waals surface area contributed by atoms with Crippen molar-refractivity contribution in [3.63, 3.8) is 0 Å². The minimum absolute atomic E-state index is 0.280. The summed E-state index contributed by atoms with van der Waals surface area (Å²) in [5.74, 6) is 0.308. The molecule has 1 fully saturated rings. The van der Waals surface area contributed by atoms with E-state index in [1.54, 1.807) is 14.0 Å². The number of methoxy groups -OCH3 is 1. The number of hydrogen-bond donors (Lipinski definition) is 2. The molecule has 0 bridgehead atoms. The van der Waals surface area contributed by atoms with Crippen LogP contribution in [0.25, 0.3) is 0 Å². The Kier molecular flexibility index (Phi) is 5.78. The Bertz CT molecular complexity index is 693. The molecule has 26 heavy (non-hydrogen) atoms. The van der Waals surface area contributed by atoms with Gasteiger partial charge in [-0.3, -0.25) is 4.90 Å². The van der Waals surface area contributed by atoms with Gasteiger partial charge in [0.05, 0.1) is 25.3 Å². The van der Waals surface area contributed by atoms with E-state index < -0.39 is 12.0 Å². The van der Waals surface area contributed by atoms with Gasteiger partial charge in [-0.15, -0.1) is 0 Å². The van der Waals surface area contributed by atoms with Gasteiger partial charge in [-0.05, 0) is 50.6 Å². The molecule has 7 nitrogen and oxygen atoms in total. The molecule has 0 aliphatic carbocycles. The minimum atomic E-state index is -0.550. The lowest BCUT2D eigenvalue weighted by atomic mass is 9.95. The third-order valence-corrected chi connectivity index (χ3v) is 4.68. The van der Waals surface area contributed by atoms with Crippen molar-refractivity contribution in [2.45, 2.75) is 25.8 Å². The number of nitrogens with one attached hydrogen (secondary N) is 2. The van der Waals surface area contributed by atoms with Crippen molar-refractivity contribution in [3.05, 3.63) is 41.1 Å². The number of amides is 2. The number of esters is 1. The first-order chi connectivity index (χ1) is 12.6. The Morgan fingerprint density at radius 3 is 2.54 bits per heavy atom. The topological polar surface area (TPSA) is 79.9 Å². The predicted octanol–water partition coefficient (Wildman–Crippen LogP) is 1.96. The van der Waals surface area contributed by atoms with E-state index in [1.807, 2.05) is 24.3 Å². The maximum absolute atomic E-state index is 12.7. The van der Waals surface area contributed by atoms with Gasteiger partial charge in [0.2, 0.25) is 0 Å². The minimum Gasteiger partial charge on any atom is -0.497 e. The van der Waals surface area contributed by atoms with Crippen molar-refractivity contribution in [2.24, 2.45) is 0 Å². The average Bonchev–Trinajstić information content (AvgIpc) is 3.14. The van der Waals surface area contributed by atoms with E-state index in [2.05, 4.69) is 15.5 Å². The van der Waals surface area contributed by atoms with Crippen molar-refractivity contribution >= 4 is 12.0 Å². The van der Waals surface area contributed by atoms with E-state index in [1.165, 1.54) is 0 Å². The second kappa shape index (κ2) is 8.23. The lowest BCUT2D eigenvalue weighted by molar-refractivity contribution is -0.139. The van der Waals surface area contributed by atoms with Crippen LogP contribution in [0.4, 0.5) is 4.79 Å². The first-order valence-electron chi connectivity index (χ1n) is 8.96. The molecule has 1 aromatic carbocycles. The van der Waals surface area contributed by atoms with E-state index >= 15 is 0 Å². The second-order valence-corrected chi connectivity index (χ2v) is 6.40. The van der Waals surface area contributed by atoms with Gasteiger partial charge >= 0.3 is 12.0 Å². The van der Waals surface area contributed by atoms with Crippen LogP contribution in [0.1, 0.15) is 31.4 Å². The van der Waals surface area contributed by atoms with E-state index in [0.717, 1.165) is 31.5 Å². The monoisotopic (exact) mass is 359 g/mol. The fourth-order valence-corrected chi connectivity index (χ4v) is 3.40. The number of carbonyl (C=O) groups is 2. The third kappa shape index (κ3) is 3.99. The van der Waals surface area contributed by atoms with Gasteiger partial charge in [0.15, 0.2) is 0 Å². The van der Waals surface area contributed by atoms with Crippen LogP contribution in [0, 0.1) is 0 Å². The molecule has 0 aromatic heterocycles. The number of nitrogens with zero attached hydrogens (tertiary/aromatic N) is 1. The van der Waals surface area contributed by atoms with Crippen LogP contribution >= 0.6 is 0 Å². The molecule has 7 heteroatoms. The standard InChI is InChI=1S/C19H25N3O4/c1-3-26-18(23)16-15(12-22-10-4-5-11-22)20-19(24)21-17(16)13-6-8-14(25-2)9-7-13/h6-9,17H,3-5,10-12H2,1-2H3,(H2,20,21,24)/t17-/m1/s1. The summed E-state index contributed by atoms with van der Waals surface area (Å²) in [6.45, 7) is 4.53. The number of hydrogen-bond acceptors (Lipinski definition) is 5. The molecule has 0 saturated carbocycles. The molecule has 0 radical (unpaired) electrons. The number of likely N-dealkylation sites (tertiary alicyclic amines) is 1. The van der Waals surface area contributed by atoms with Gasteiger partial charge in [0.25, 0.3) is 0 Å². The van der Waals surface area contributed by atoms with Crippen LogP contribution < -0.4 is 15.4 Å². The molecule has 1 saturated heterocycles. The Morgan fingerprint density at radius 1 is 1.23 bits per heavy atom. The zero-order valence-corrected chi connectivity index (χ0v) is 15.2.